The number of carbonyl (C=O) groups is 1. The van der Waals surface area contributed by atoms with Crippen LogP contribution in [0, 0.1) is 13.8 Å². The van der Waals surface area contributed by atoms with Crippen LogP contribution in [0.3, 0.4) is 0 Å². The van der Waals surface area contributed by atoms with Gasteiger partial charge in [-0.25, -0.2) is 0 Å². The summed E-state index contributed by atoms with van der Waals surface area (Å²) in [5, 5.41) is 5.07. The normalized spacial score (nSPS) is 10.9. The molecular formula is C23H25BrClN3O2. The first-order chi connectivity index (χ1) is 14.3. The lowest BCUT2D eigenvalue weighted by Gasteiger charge is -2.18. The minimum absolute atomic E-state index is 0.0397. The maximum Gasteiger partial charge on any atom is 0.253 e. The van der Waals surface area contributed by atoms with E-state index in [2.05, 4.69) is 21.0 Å². The summed E-state index contributed by atoms with van der Waals surface area (Å²) in [6.45, 7) is 7.61. The summed E-state index contributed by atoms with van der Waals surface area (Å²) in [6.07, 6.45) is 1.76. The van der Waals surface area contributed by atoms with Gasteiger partial charge in [-0.15, -0.1) is 0 Å². The van der Waals surface area contributed by atoms with Crippen molar-refractivity contribution >= 4 is 33.4 Å². The van der Waals surface area contributed by atoms with Gasteiger partial charge in [0.2, 0.25) is 0 Å². The summed E-state index contributed by atoms with van der Waals surface area (Å²) >= 11 is 9.72. The number of aryl methyl sites for hydroxylation is 3. The van der Waals surface area contributed by atoms with Gasteiger partial charge in [0.25, 0.3) is 5.91 Å². The van der Waals surface area contributed by atoms with Crippen molar-refractivity contribution in [2.45, 2.75) is 40.5 Å². The zero-order chi connectivity index (χ0) is 21.8. The molecule has 7 heteroatoms. The number of rotatable bonds is 7. The van der Waals surface area contributed by atoms with Crippen molar-refractivity contribution in [3.8, 4) is 5.75 Å². The Kier molecular flexibility index (Phi) is 7.21. The average molecular weight is 491 g/mol. The molecule has 3 aromatic rings. The van der Waals surface area contributed by atoms with Crippen LogP contribution in [0.4, 0.5) is 0 Å². The number of aromatic nitrogens is 2. The van der Waals surface area contributed by atoms with Gasteiger partial charge in [0.05, 0.1) is 22.9 Å². The Bertz CT molecular complexity index is 1020. The standard InChI is InChI=1S/C23H25BrClN3O2/c1-5-28-21(20(24)12-26-28)13-27(4)23(29)18-8-6-17(7-9-18)14-30-19-10-15(2)22(25)16(3)11-19/h6-12H,5,13-14H2,1-4H3. The van der Waals surface area contributed by atoms with E-state index < -0.39 is 0 Å². The fourth-order valence-corrected chi connectivity index (χ4v) is 3.76. The first-order valence-corrected chi connectivity index (χ1v) is 10.9. The molecule has 2 aromatic carbocycles. The maximum atomic E-state index is 12.8. The van der Waals surface area contributed by atoms with Crippen LogP contribution < -0.4 is 4.74 Å². The lowest BCUT2D eigenvalue weighted by molar-refractivity contribution is 0.0781. The molecule has 0 fully saturated rings. The van der Waals surface area contributed by atoms with E-state index in [-0.39, 0.29) is 5.91 Å². The Morgan fingerprint density at radius 2 is 1.83 bits per heavy atom. The van der Waals surface area contributed by atoms with Crippen LogP contribution in [0.15, 0.2) is 47.1 Å². The van der Waals surface area contributed by atoms with E-state index in [1.165, 1.54) is 0 Å². The van der Waals surface area contributed by atoms with Crippen molar-refractivity contribution in [3.63, 3.8) is 0 Å². The Morgan fingerprint density at radius 3 is 2.43 bits per heavy atom. The van der Waals surface area contributed by atoms with Crippen molar-refractivity contribution in [1.82, 2.24) is 14.7 Å². The van der Waals surface area contributed by atoms with Crippen molar-refractivity contribution < 1.29 is 9.53 Å². The van der Waals surface area contributed by atoms with Gasteiger partial charge in [0.1, 0.15) is 12.4 Å². The van der Waals surface area contributed by atoms with E-state index in [4.69, 9.17) is 16.3 Å². The zero-order valence-electron chi connectivity index (χ0n) is 17.6. The number of nitrogens with zero attached hydrogens (tertiary/aromatic N) is 3. The molecule has 0 saturated carbocycles. The van der Waals surface area contributed by atoms with Gasteiger partial charge in [0.15, 0.2) is 0 Å². The number of halogens is 2. The largest absolute Gasteiger partial charge is 0.489 e. The molecular weight excluding hydrogens is 466 g/mol. The molecule has 0 atom stereocenters. The molecule has 5 nitrogen and oxygen atoms in total. The molecule has 0 radical (unpaired) electrons. The topological polar surface area (TPSA) is 47.4 Å². The number of amides is 1. The second kappa shape index (κ2) is 9.67. The van der Waals surface area contributed by atoms with Crippen LogP contribution >= 0.6 is 27.5 Å². The van der Waals surface area contributed by atoms with E-state index in [0.29, 0.717) is 18.7 Å². The monoisotopic (exact) mass is 489 g/mol. The number of ether oxygens (including phenoxy) is 1. The van der Waals surface area contributed by atoms with E-state index >= 15 is 0 Å². The summed E-state index contributed by atoms with van der Waals surface area (Å²) < 4.78 is 8.69. The molecule has 0 bridgehead atoms. The first kappa shape index (κ1) is 22.4. The van der Waals surface area contributed by atoms with Crippen molar-refractivity contribution in [2.24, 2.45) is 0 Å². The molecule has 0 aliphatic carbocycles. The minimum atomic E-state index is -0.0397. The van der Waals surface area contributed by atoms with Gasteiger partial charge in [0, 0.05) is 24.2 Å². The van der Waals surface area contributed by atoms with E-state index in [1.54, 1.807) is 18.1 Å². The van der Waals surface area contributed by atoms with Crippen LogP contribution in [0.2, 0.25) is 5.02 Å². The number of benzene rings is 2. The van der Waals surface area contributed by atoms with Crippen LogP contribution in [0.5, 0.6) is 5.75 Å². The molecule has 0 saturated heterocycles. The lowest BCUT2D eigenvalue weighted by atomic mass is 10.1. The van der Waals surface area contributed by atoms with Gasteiger partial charge in [-0.2, -0.15) is 5.10 Å². The summed E-state index contributed by atoms with van der Waals surface area (Å²) in [4.78, 5) is 14.5. The molecule has 0 aliphatic rings. The van der Waals surface area contributed by atoms with Crippen molar-refractivity contribution in [2.75, 3.05) is 7.05 Å². The van der Waals surface area contributed by atoms with Gasteiger partial charge < -0.3 is 9.64 Å². The highest BCUT2D eigenvalue weighted by molar-refractivity contribution is 9.10. The number of hydrogen-bond donors (Lipinski definition) is 0. The lowest BCUT2D eigenvalue weighted by Crippen LogP contribution is -2.27. The first-order valence-electron chi connectivity index (χ1n) is 9.74. The quantitative estimate of drug-likeness (QED) is 0.421. The van der Waals surface area contributed by atoms with Crippen molar-refractivity contribution in [1.29, 1.82) is 0 Å². The fourth-order valence-electron chi connectivity index (χ4n) is 3.23. The second-order valence-electron chi connectivity index (χ2n) is 7.27. The summed E-state index contributed by atoms with van der Waals surface area (Å²) in [5.41, 5.74) is 4.59. The summed E-state index contributed by atoms with van der Waals surface area (Å²) in [6, 6.07) is 11.4. The molecule has 1 heterocycles. The SMILES string of the molecule is CCn1ncc(Br)c1CN(C)C(=O)c1ccc(COc2cc(C)c(Cl)c(C)c2)cc1. The molecule has 30 heavy (non-hydrogen) atoms. The Hall–Kier alpha value is -2.31. The maximum absolute atomic E-state index is 12.8. The van der Waals surface area contributed by atoms with Gasteiger partial charge in [-0.3, -0.25) is 9.48 Å². The van der Waals surface area contributed by atoms with Crippen molar-refractivity contribution in [3.05, 3.63) is 80.0 Å². The average Bonchev–Trinajstić information content (AvgIpc) is 3.09. The van der Waals surface area contributed by atoms with Crippen LogP contribution in [0.1, 0.15) is 39.7 Å². The molecule has 0 spiro atoms. The molecule has 0 aliphatic heterocycles. The smallest absolute Gasteiger partial charge is 0.253 e. The van der Waals surface area contributed by atoms with Gasteiger partial charge in [-0.05, 0) is 77.7 Å². The van der Waals surface area contributed by atoms with E-state index in [9.17, 15) is 4.79 Å². The third kappa shape index (κ3) is 5.05. The third-order valence-electron chi connectivity index (χ3n) is 4.95. The van der Waals surface area contributed by atoms with E-state index in [1.807, 2.05) is 61.9 Å². The highest BCUT2D eigenvalue weighted by Crippen LogP contribution is 2.26. The second-order valence-corrected chi connectivity index (χ2v) is 8.51. The van der Waals surface area contributed by atoms with Gasteiger partial charge in [-0.1, -0.05) is 23.7 Å². The summed E-state index contributed by atoms with van der Waals surface area (Å²) in [7, 11) is 1.80. The molecule has 0 unspecified atom stereocenters. The van der Waals surface area contributed by atoms with Crippen LogP contribution in [-0.4, -0.2) is 27.6 Å². The van der Waals surface area contributed by atoms with Crippen LogP contribution in [0.25, 0.3) is 0 Å². The predicted molar refractivity (Wildman–Crippen MR) is 123 cm³/mol. The van der Waals surface area contributed by atoms with E-state index in [0.717, 1.165) is 44.2 Å². The Labute approximate surface area is 190 Å². The number of carbonyl (C=O) groups excluding carboxylic acids is 1. The minimum Gasteiger partial charge on any atom is -0.489 e. The molecule has 1 aromatic heterocycles. The van der Waals surface area contributed by atoms with Gasteiger partial charge >= 0.3 is 0 Å². The summed E-state index contributed by atoms with van der Waals surface area (Å²) in [5.74, 6) is 0.745. The molecule has 158 valence electrons. The Morgan fingerprint density at radius 1 is 1.20 bits per heavy atom. The highest BCUT2D eigenvalue weighted by atomic mass is 79.9. The number of hydrogen-bond acceptors (Lipinski definition) is 3. The third-order valence-corrected chi connectivity index (χ3v) is 6.21. The molecule has 0 N–H and O–H groups in total. The Balaban J connectivity index is 1.63. The highest BCUT2D eigenvalue weighted by Gasteiger charge is 2.16. The molecule has 1 amide bonds. The predicted octanol–water partition coefficient (Wildman–Crippen LogP) is 5.79. The van der Waals surface area contributed by atoms with Crippen LogP contribution in [-0.2, 0) is 19.7 Å². The molecule has 3 rings (SSSR count). The zero-order valence-corrected chi connectivity index (χ0v) is 19.9. The fraction of sp³-hybridized carbons (Fsp3) is 0.304.